The Bertz CT molecular complexity index is 6240. The van der Waals surface area contributed by atoms with E-state index >= 15 is 9.18 Å². The molecule has 6 amide bonds. The van der Waals surface area contributed by atoms with Crippen LogP contribution >= 0.6 is 57.5 Å². The molecule has 5 aliphatic rings. The topological polar surface area (TPSA) is 323 Å². The summed E-state index contributed by atoms with van der Waals surface area (Å²) in [4.78, 5) is 146. The van der Waals surface area contributed by atoms with Crippen LogP contribution in [0.4, 0.5) is 61.0 Å². The minimum atomic E-state index is -0.853. The van der Waals surface area contributed by atoms with Crippen LogP contribution in [0.1, 0.15) is 187 Å². The normalized spacial score (nSPS) is 18.2. The number of hydrogen-bond acceptors (Lipinski definition) is 24. The third-order valence-electron chi connectivity index (χ3n) is 22.1. The zero-order chi connectivity index (χ0) is 92.7. The first-order valence-corrected chi connectivity index (χ1v) is 44.0. The van der Waals surface area contributed by atoms with Gasteiger partial charge < -0.3 is 57.7 Å². The summed E-state index contributed by atoms with van der Waals surface area (Å²) in [6.45, 7) is 45.1. The summed E-state index contributed by atoms with van der Waals surface area (Å²) in [5.74, 6) is -1.89. The standard InChI is InChI=1S/C41H46ClFN8O6S.C29H34Cl2N6O4.C18H24BFN2O4S/c1-19(2)27-30(20(3)14-15-44-27)51-34-23(31-32(36(51)53)48(11)35(52)26-18-49(21(4)17-50(26)31)39(55)57-41(8,9)10)16-24(42)28(45-34)22-12-13-25(43)29-33(22)58-37(46-29)47-38(54)56-40(5,6)7;1-14(2)20-21(15(3)9-10-32-20)37-25-17(11-18(30)24(31)33-25)22-23(27(37)39)34(8)26(38)19-13-35(16(4)12-36(19)22)28(40)41-29(5,6)7;1-16(2,3)24-15(23)22-14-21-12-11(20)9-8-10(13(12)27-14)19-25-17(4,5)18(6,7)26-19/h12-16,19,21,26H,17-18H2,1-11H3,(H,46,47,54);9-11,14,16,19H,12-13H2,1-8H3;8-9H,1-7H3,(H,21,22,23)/t21-,26-;16-,19-;/m11./s1. The van der Waals surface area contributed by atoms with Crippen LogP contribution in [0.15, 0.2) is 70.5 Å². The zero-order valence-electron chi connectivity index (χ0n) is 75.3. The van der Waals surface area contributed by atoms with Crippen molar-refractivity contribution in [3.63, 3.8) is 0 Å². The van der Waals surface area contributed by atoms with Crippen LogP contribution in [0.3, 0.4) is 0 Å². The number of carbonyl (C=O) groups is 6. The van der Waals surface area contributed by atoms with Crippen molar-refractivity contribution in [1.82, 2.24) is 48.8 Å². The lowest BCUT2D eigenvalue weighted by molar-refractivity contribution is -0.121. The van der Waals surface area contributed by atoms with Gasteiger partial charge in [0.15, 0.2) is 15.9 Å². The summed E-state index contributed by atoms with van der Waals surface area (Å²) < 4.78 is 67.7. The summed E-state index contributed by atoms with van der Waals surface area (Å²) in [6, 6.07) is 10.5. The highest BCUT2D eigenvalue weighted by Crippen LogP contribution is 2.49. The van der Waals surface area contributed by atoms with Gasteiger partial charge >= 0.3 is 31.5 Å². The molecule has 670 valence electrons. The highest BCUT2D eigenvalue weighted by Gasteiger charge is 2.54. The molecule has 0 bridgehead atoms. The van der Waals surface area contributed by atoms with E-state index in [1.807, 2.05) is 99.0 Å². The van der Waals surface area contributed by atoms with Crippen molar-refractivity contribution in [2.24, 2.45) is 0 Å². The molecule has 2 N–H and O–H groups in total. The number of halogens is 5. The van der Waals surface area contributed by atoms with E-state index in [9.17, 15) is 38.0 Å². The van der Waals surface area contributed by atoms with Gasteiger partial charge in [-0.15, -0.1) is 0 Å². The summed E-state index contributed by atoms with van der Waals surface area (Å²) in [7, 11) is 2.49. The van der Waals surface area contributed by atoms with Gasteiger partial charge in [0.25, 0.3) is 22.9 Å². The first-order valence-electron chi connectivity index (χ1n) is 41.2. The second-order valence-electron chi connectivity index (χ2n) is 37.6. The van der Waals surface area contributed by atoms with Gasteiger partial charge in [-0.1, -0.05) is 91.2 Å². The minimum absolute atomic E-state index is 0.00354. The van der Waals surface area contributed by atoms with Gasteiger partial charge in [-0.25, -0.2) is 47.9 Å². The molecule has 3 fully saturated rings. The van der Waals surface area contributed by atoms with Crippen molar-refractivity contribution in [2.75, 3.05) is 70.5 Å². The maximum Gasteiger partial charge on any atom is 0.496 e. The summed E-state index contributed by atoms with van der Waals surface area (Å²) in [6.07, 6.45) is 0.975. The van der Waals surface area contributed by atoms with Crippen LogP contribution in [0, 0.1) is 25.5 Å². The molecule has 10 aromatic rings. The fourth-order valence-corrected chi connectivity index (χ4v) is 18.2. The van der Waals surface area contributed by atoms with Crippen LogP contribution in [0.5, 0.6) is 0 Å². The van der Waals surface area contributed by atoms with E-state index in [0.29, 0.717) is 77.5 Å². The van der Waals surface area contributed by atoms with Gasteiger partial charge in [0.2, 0.25) is 0 Å². The Hall–Kier alpha value is -10.4. The molecule has 0 radical (unpaired) electrons. The molecule has 13 heterocycles. The molecular formula is C88H104BCl3F2N16O14S2. The van der Waals surface area contributed by atoms with Crippen LogP contribution < -0.4 is 46.8 Å². The maximum atomic E-state index is 15.4. The van der Waals surface area contributed by atoms with E-state index in [1.54, 1.807) is 144 Å². The number of aromatic nitrogens is 8. The Labute approximate surface area is 751 Å². The molecule has 4 atom stereocenters. The van der Waals surface area contributed by atoms with Crippen molar-refractivity contribution < 1.29 is 65.8 Å². The molecule has 5 aliphatic heterocycles. The number of thiazole rings is 2. The number of pyridine rings is 6. The molecule has 0 spiro atoms. The maximum absolute atomic E-state index is 15.4. The Kier molecular flexibility index (Phi) is 25.1. The Morgan fingerprint density at radius 1 is 0.532 bits per heavy atom. The van der Waals surface area contributed by atoms with E-state index in [0.717, 1.165) is 33.8 Å². The number of ether oxygens (including phenoxy) is 4. The van der Waals surface area contributed by atoms with Crippen molar-refractivity contribution in [1.29, 1.82) is 0 Å². The number of benzene rings is 2. The van der Waals surface area contributed by atoms with Crippen molar-refractivity contribution >= 4 is 182 Å². The molecule has 0 aliphatic carbocycles. The number of anilines is 6. The molecular weight excluding hydrogens is 1720 g/mol. The molecule has 0 saturated carbocycles. The van der Waals surface area contributed by atoms with Crippen molar-refractivity contribution in [2.45, 2.75) is 236 Å². The van der Waals surface area contributed by atoms with Crippen LogP contribution in [-0.2, 0) is 37.8 Å². The number of hydrogen-bond donors (Lipinski definition) is 2. The Morgan fingerprint density at radius 3 is 1.33 bits per heavy atom. The first kappa shape index (κ1) is 93.2. The fourth-order valence-electron chi connectivity index (χ4n) is 15.7. The SMILES string of the molecule is CC(C)(C)OC(=O)Nc1nc2c(F)ccc(B3OC(C)(C)C(C)(C)O3)c2s1.Cc1ccnc(C(C)C)c1-n1c(=O)c2c(c3cc(Cl)c(-c4ccc(F)c5nc(NC(=O)OC(C)(C)C)sc45)nc31)N1C[C@@H](C)N(C(=O)OC(C)(C)C)C[C@@H]1C(=O)N2C.Cc1ccnc(C(C)C)c1-n1c(=O)c2c(c3cc(Cl)c(Cl)nc31)N1C[C@@H](C)N(C(=O)OC(C)(C)C)C[C@@H]1C(=O)N2C. The van der Waals surface area contributed by atoms with E-state index in [-0.39, 0.29) is 109 Å². The largest absolute Gasteiger partial charge is 0.496 e. The lowest BCUT2D eigenvalue weighted by atomic mass is 9.79. The summed E-state index contributed by atoms with van der Waals surface area (Å²) in [5.41, 5.74) is 2.50. The monoisotopic (exact) mass is 1830 g/mol. The average molecular weight is 1830 g/mol. The zero-order valence-corrected chi connectivity index (χ0v) is 79.2. The quantitative estimate of drug-likeness (QED) is 0.0811. The second-order valence-corrected chi connectivity index (χ2v) is 40.8. The van der Waals surface area contributed by atoms with Gasteiger partial charge in [0.05, 0.1) is 83.6 Å². The van der Waals surface area contributed by atoms with Crippen molar-refractivity contribution in [3.05, 3.63) is 131 Å². The van der Waals surface area contributed by atoms with Gasteiger partial charge in [0.1, 0.15) is 79.3 Å². The fraction of sp³-hybridized carbons (Fsp3) is 0.477. The van der Waals surface area contributed by atoms with E-state index in [4.69, 9.17) is 68.0 Å². The molecule has 8 aromatic heterocycles. The van der Waals surface area contributed by atoms with Crippen LogP contribution in [0.25, 0.3) is 65.1 Å². The van der Waals surface area contributed by atoms with Gasteiger partial charge in [-0.05, 0) is 204 Å². The number of likely N-dealkylation sites (N-methyl/N-ethyl adjacent to an activating group) is 2. The molecule has 38 heteroatoms. The van der Waals surface area contributed by atoms with Gasteiger partial charge in [-0.2, -0.15) is 0 Å². The third-order valence-corrected chi connectivity index (χ3v) is 25.1. The van der Waals surface area contributed by atoms with Gasteiger partial charge in [0, 0.05) is 73.5 Å². The molecule has 2 aromatic carbocycles. The number of nitrogens with one attached hydrogen (secondary N) is 2. The lowest BCUT2D eigenvalue weighted by Crippen LogP contribution is -2.66. The minimum Gasteiger partial charge on any atom is -0.444 e. The second kappa shape index (κ2) is 34.0. The first-order chi connectivity index (χ1) is 58.5. The molecule has 0 unspecified atom stereocenters. The number of piperazine rings is 2. The Balaban J connectivity index is 0.000000174. The summed E-state index contributed by atoms with van der Waals surface area (Å²) in [5, 5.41) is 6.99. The van der Waals surface area contributed by atoms with Gasteiger partial charge in [-0.3, -0.25) is 48.9 Å². The van der Waals surface area contributed by atoms with Crippen molar-refractivity contribution in [3.8, 4) is 22.6 Å². The number of fused-ring (bicyclic) bond motifs is 12. The number of nitrogens with zero attached hydrogens (tertiary/aromatic N) is 14. The average Bonchev–Trinajstić information content (AvgIpc) is 1.19. The predicted molar refractivity (Wildman–Crippen MR) is 490 cm³/mol. The van der Waals surface area contributed by atoms with E-state index < -0.39 is 106 Å². The molecule has 30 nitrogen and oxygen atoms in total. The third kappa shape index (κ3) is 18.0. The predicted octanol–water partition coefficient (Wildman–Crippen LogP) is 17.8. The number of aryl methyl sites for hydroxylation is 2. The van der Waals surface area contributed by atoms with Crippen LogP contribution in [0.2, 0.25) is 15.2 Å². The highest BCUT2D eigenvalue weighted by atomic mass is 35.5. The Morgan fingerprint density at radius 2 is 0.921 bits per heavy atom. The number of rotatable bonds is 8. The van der Waals surface area contributed by atoms with E-state index in [1.165, 1.54) is 37.1 Å². The molecule has 126 heavy (non-hydrogen) atoms. The summed E-state index contributed by atoms with van der Waals surface area (Å²) >= 11 is 22.3. The molecule has 3 saturated heterocycles. The lowest BCUT2D eigenvalue weighted by Gasteiger charge is -2.49. The number of carbonyl (C=O) groups excluding carboxylic acids is 6. The molecule has 15 rings (SSSR count). The number of amides is 6. The van der Waals surface area contributed by atoms with Crippen LogP contribution in [-0.4, -0.2) is 190 Å². The highest BCUT2D eigenvalue weighted by molar-refractivity contribution is 7.24. The smallest absolute Gasteiger partial charge is 0.444 e. The van der Waals surface area contributed by atoms with E-state index in [2.05, 4.69) is 35.6 Å².